The van der Waals surface area contributed by atoms with Gasteiger partial charge in [-0.2, -0.15) is 11.3 Å². The largest absolute Gasteiger partial charge is 0.151 e. The van der Waals surface area contributed by atoms with E-state index in [2.05, 4.69) is 52.9 Å². The van der Waals surface area contributed by atoms with Gasteiger partial charge in [-0.1, -0.05) is 36.1 Å². The third-order valence-corrected chi connectivity index (χ3v) is 3.45. The molecule has 1 aliphatic carbocycles. The molecule has 3 rings (SSSR count). The Kier molecular flexibility index (Phi) is 2.08. The summed E-state index contributed by atoms with van der Waals surface area (Å²) in [6, 6.07) is 10.6. The fourth-order valence-corrected chi connectivity index (χ4v) is 2.48. The first-order chi connectivity index (χ1) is 7.43. The van der Waals surface area contributed by atoms with Crippen LogP contribution in [0.1, 0.15) is 22.6 Å². The van der Waals surface area contributed by atoms with E-state index in [0.29, 0.717) is 5.92 Å². The highest BCUT2D eigenvalue weighted by atomic mass is 32.1. The topological polar surface area (TPSA) is 0 Å². The van der Waals surface area contributed by atoms with Gasteiger partial charge in [0.15, 0.2) is 0 Å². The SMILES string of the molecule is C(#CC1Cc2ccccc21)c1ccsc1. The van der Waals surface area contributed by atoms with Gasteiger partial charge in [-0.15, -0.1) is 0 Å². The van der Waals surface area contributed by atoms with E-state index in [1.807, 2.05) is 0 Å². The third kappa shape index (κ3) is 1.58. The normalized spacial score (nSPS) is 17.2. The van der Waals surface area contributed by atoms with E-state index in [0.717, 1.165) is 12.0 Å². The van der Waals surface area contributed by atoms with Crippen LogP contribution in [0.25, 0.3) is 0 Å². The zero-order valence-corrected chi connectivity index (χ0v) is 9.05. The molecule has 1 aromatic heterocycles. The second-order valence-electron chi connectivity index (χ2n) is 3.74. The van der Waals surface area contributed by atoms with E-state index >= 15 is 0 Å². The average molecular weight is 210 g/mol. The first-order valence-corrected chi connectivity index (χ1v) is 5.99. The lowest BCUT2D eigenvalue weighted by Gasteiger charge is -2.25. The summed E-state index contributed by atoms with van der Waals surface area (Å²) in [5.41, 5.74) is 4.02. The van der Waals surface area contributed by atoms with Crippen LogP contribution in [0.5, 0.6) is 0 Å². The number of thiophene rings is 1. The van der Waals surface area contributed by atoms with Gasteiger partial charge >= 0.3 is 0 Å². The van der Waals surface area contributed by atoms with E-state index in [1.165, 1.54) is 11.1 Å². The Hall–Kier alpha value is -1.52. The number of benzene rings is 1. The summed E-state index contributed by atoms with van der Waals surface area (Å²) < 4.78 is 0. The second-order valence-corrected chi connectivity index (χ2v) is 4.52. The second kappa shape index (κ2) is 3.56. The molecule has 1 aliphatic rings. The van der Waals surface area contributed by atoms with Crippen LogP contribution in [0.3, 0.4) is 0 Å². The summed E-state index contributed by atoms with van der Waals surface area (Å²) in [5, 5.41) is 4.16. The zero-order chi connectivity index (χ0) is 10.1. The summed E-state index contributed by atoms with van der Waals surface area (Å²) in [6.45, 7) is 0. The smallest absolute Gasteiger partial charge is 0.0499 e. The Bertz CT molecular complexity index is 526. The highest BCUT2D eigenvalue weighted by molar-refractivity contribution is 7.08. The average Bonchev–Trinajstić information content (AvgIpc) is 2.72. The Balaban J connectivity index is 1.84. The van der Waals surface area contributed by atoms with Gasteiger partial charge in [-0.25, -0.2) is 0 Å². The number of rotatable bonds is 0. The molecular formula is C14H10S. The van der Waals surface area contributed by atoms with Crippen LogP contribution < -0.4 is 0 Å². The van der Waals surface area contributed by atoms with Gasteiger partial charge < -0.3 is 0 Å². The first-order valence-electron chi connectivity index (χ1n) is 5.05. The highest BCUT2D eigenvalue weighted by Gasteiger charge is 2.22. The minimum Gasteiger partial charge on any atom is -0.151 e. The summed E-state index contributed by atoms with van der Waals surface area (Å²) in [4.78, 5) is 0. The van der Waals surface area contributed by atoms with Crippen LogP contribution >= 0.6 is 11.3 Å². The van der Waals surface area contributed by atoms with Crippen LogP contribution in [-0.2, 0) is 6.42 Å². The molecule has 0 radical (unpaired) electrons. The first kappa shape index (κ1) is 8.76. The summed E-state index contributed by atoms with van der Waals surface area (Å²) in [5.74, 6) is 7.02. The molecule has 0 saturated heterocycles. The molecular weight excluding hydrogens is 200 g/mol. The van der Waals surface area contributed by atoms with E-state index in [4.69, 9.17) is 0 Å². The predicted molar refractivity (Wildman–Crippen MR) is 64.1 cm³/mol. The molecule has 2 aromatic rings. The van der Waals surface area contributed by atoms with Gasteiger partial charge in [0.2, 0.25) is 0 Å². The van der Waals surface area contributed by atoms with Crippen LogP contribution in [0.2, 0.25) is 0 Å². The van der Waals surface area contributed by atoms with Gasteiger partial charge in [0.05, 0.1) is 0 Å². The van der Waals surface area contributed by atoms with Gasteiger partial charge in [-0.05, 0) is 29.0 Å². The maximum atomic E-state index is 3.33. The minimum atomic E-state index is 0.459. The van der Waals surface area contributed by atoms with E-state index < -0.39 is 0 Å². The molecule has 0 bridgehead atoms. The van der Waals surface area contributed by atoms with Gasteiger partial charge in [0, 0.05) is 16.9 Å². The highest BCUT2D eigenvalue weighted by Crippen LogP contribution is 2.33. The molecule has 0 fully saturated rings. The van der Waals surface area contributed by atoms with Crippen molar-refractivity contribution in [2.75, 3.05) is 0 Å². The summed E-state index contributed by atoms with van der Waals surface area (Å²) in [6.07, 6.45) is 1.12. The summed E-state index contributed by atoms with van der Waals surface area (Å²) in [7, 11) is 0. The van der Waals surface area contributed by atoms with Crippen molar-refractivity contribution < 1.29 is 0 Å². The minimum absolute atomic E-state index is 0.459. The molecule has 1 heterocycles. The molecule has 1 aromatic carbocycles. The lowest BCUT2D eigenvalue weighted by molar-refractivity contribution is 0.754. The lowest BCUT2D eigenvalue weighted by Crippen LogP contribution is -2.14. The molecule has 0 spiro atoms. The Morgan fingerprint density at radius 3 is 2.93 bits per heavy atom. The number of hydrogen-bond acceptors (Lipinski definition) is 1. The number of fused-ring (bicyclic) bond motifs is 1. The zero-order valence-electron chi connectivity index (χ0n) is 8.23. The molecule has 1 atom stereocenters. The van der Waals surface area contributed by atoms with Crippen molar-refractivity contribution in [1.82, 2.24) is 0 Å². The predicted octanol–water partition coefficient (Wildman–Crippen LogP) is 3.44. The summed E-state index contributed by atoms with van der Waals surface area (Å²) >= 11 is 1.70. The van der Waals surface area contributed by atoms with Crippen molar-refractivity contribution >= 4 is 11.3 Å². The molecule has 0 saturated carbocycles. The quantitative estimate of drug-likeness (QED) is 0.584. The molecule has 72 valence electrons. The lowest BCUT2D eigenvalue weighted by atomic mass is 9.78. The Morgan fingerprint density at radius 2 is 2.13 bits per heavy atom. The van der Waals surface area contributed by atoms with Crippen LogP contribution in [0, 0.1) is 11.8 Å². The molecule has 0 N–H and O–H groups in total. The maximum absolute atomic E-state index is 3.33. The van der Waals surface area contributed by atoms with Crippen molar-refractivity contribution in [3.8, 4) is 11.8 Å². The molecule has 0 amide bonds. The van der Waals surface area contributed by atoms with Gasteiger partial charge in [0.25, 0.3) is 0 Å². The van der Waals surface area contributed by atoms with Crippen molar-refractivity contribution in [2.24, 2.45) is 0 Å². The standard InChI is InChI=1S/C14H10S/c1-2-4-14-12(3-1)9-13(14)6-5-11-7-8-15-10-11/h1-4,7-8,10,13H,9H2. The van der Waals surface area contributed by atoms with Crippen molar-refractivity contribution in [3.05, 3.63) is 57.8 Å². The fourth-order valence-electron chi connectivity index (χ4n) is 1.89. The van der Waals surface area contributed by atoms with Gasteiger partial charge in [-0.3, -0.25) is 0 Å². The van der Waals surface area contributed by atoms with Crippen molar-refractivity contribution in [2.45, 2.75) is 12.3 Å². The monoisotopic (exact) mass is 210 g/mol. The van der Waals surface area contributed by atoms with Crippen LogP contribution in [0.4, 0.5) is 0 Å². The molecule has 15 heavy (non-hydrogen) atoms. The Morgan fingerprint density at radius 1 is 1.20 bits per heavy atom. The molecule has 1 unspecified atom stereocenters. The van der Waals surface area contributed by atoms with E-state index in [-0.39, 0.29) is 0 Å². The molecule has 0 aliphatic heterocycles. The Labute approximate surface area is 93.6 Å². The van der Waals surface area contributed by atoms with Crippen LogP contribution in [-0.4, -0.2) is 0 Å². The molecule has 1 heteroatoms. The third-order valence-electron chi connectivity index (χ3n) is 2.77. The van der Waals surface area contributed by atoms with E-state index in [9.17, 15) is 0 Å². The van der Waals surface area contributed by atoms with Crippen molar-refractivity contribution in [1.29, 1.82) is 0 Å². The molecule has 0 nitrogen and oxygen atoms in total. The van der Waals surface area contributed by atoms with Crippen LogP contribution in [0.15, 0.2) is 41.1 Å². The maximum Gasteiger partial charge on any atom is 0.0499 e. The van der Waals surface area contributed by atoms with Gasteiger partial charge in [0.1, 0.15) is 0 Å². The van der Waals surface area contributed by atoms with E-state index in [1.54, 1.807) is 11.3 Å². The number of hydrogen-bond donors (Lipinski definition) is 0. The fraction of sp³-hybridized carbons (Fsp3) is 0.143. The van der Waals surface area contributed by atoms with Crippen molar-refractivity contribution in [3.63, 3.8) is 0 Å².